The van der Waals surface area contributed by atoms with Crippen molar-refractivity contribution in [2.75, 3.05) is 7.05 Å². The van der Waals surface area contributed by atoms with Gasteiger partial charge in [-0.3, -0.25) is 4.79 Å². The Morgan fingerprint density at radius 2 is 1.73 bits per heavy atom. The van der Waals surface area contributed by atoms with Gasteiger partial charge in [-0.05, 0) is 51.5 Å². The Balaban J connectivity index is 1.61. The predicted molar refractivity (Wildman–Crippen MR) is 59.6 cm³/mol. The highest BCUT2D eigenvalue weighted by Gasteiger charge is 2.41. The molecule has 2 aliphatic heterocycles. The molecule has 1 saturated carbocycles. The van der Waals surface area contributed by atoms with Crippen LogP contribution in [0.15, 0.2) is 0 Å². The fourth-order valence-electron chi connectivity index (χ4n) is 3.45. The van der Waals surface area contributed by atoms with E-state index in [2.05, 4.69) is 11.9 Å². The van der Waals surface area contributed by atoms with Gasteiger partial charge in [-0.1, -0.05) is 0 Å². The number of rotatable bonds is 3. The van der Waals surface area contributed by atoms with Gasteiger partial charge >= 0.3 is 0 Å². The highest BCUT2D eigenvalue weighted by atomic mass is 16.1. The first-order valence-electron chi connectivity index (χ1n) is 6.48. The number of ketones is 1. The summed E-state index contributed by atoms with van der Waals surface area (Å²) in [7, 11) is 2.24. The van der Waals surface area contributed by atoms with Crippen LogP contribution in [-0.2, 0) is 4.79 Å². The lowest BCUT2D eigenvalue weighted by atomic mass is 9.86. The number of nitrogens with zero attached hydrogens (tertiary/aromatic N) is 1. The van der Waals surface area contributed by atoms with Crippen molar-refractivity contribution in [1.82, 2.24) is 4.90 Å². The predicted octanol–water partition coefficient (Wildman–Crippen LogP) is 2.23. The molecule has 3 rings (SSSR count). The molecule has 0 aromatic rings. The number of carbonyl (C=O) groups excluding carboxylic acids is 1. The zero-order chi connectivity index (χ0) is 10.4. The van der Waals surface area contributed by atoms with Crippen LogP contribution < -0.4 is 0 Å². The number of fused-ring (bicyclic) bond motifs is 2. The van der Waals surface area contributed by atoms with Gasteiger partial charge in [0.25, 0.3) is 0 Å². The van der Waals surface area contributed by atoms with Crippen LogP contribution in [0.25, 0.3) is 0 Å². The van der Waals surface area contributed by atoms with Gasteiger partial charge in [-0.2, -0.15) is 0 Å². The molecule has 3 aliphatic rings. The van der Waals surface area contributed by atoms with Gasteiger partial charge < -0.3 is 4.90 Å². The van der Waals surface area contributed by atoms with Crippen LogP contribution in [0, 0.1) is 11.8 Å². The minimum absolute atomic E-state index is 0.416. The molecule has 0 aromatic carbocycles. The molecule has 2 bridgehead atoms. The zero-order valence-corrected chi connectivity index (χ0v) is 9.61. The molecular weight excluding hydrogens is 186 g/mol. The van der Waals surface area contributed by atoms with Crippen LogP contribution in [0.4, 0.5) is 0 Å². The van der Waals surface area contributed by atoms with Gasteiger partial charge in [0.05, 0.1) is 0 Å². The molecule has 3 fully saturated rings. The fraction of sp³-hybridized carbons (Fsp3) is 0.923. The first-order chi connectivity index (χ1) is 7.24. The van der Waals surface area contributed by atoms with Crippen LogP contribution >= 0.6 is 0 Å². The van der Waals surface area contributed by atoms with Gasteiger partial charge in [0, 0.05) is 24.4 Å². The summed E-state index contributed by atoms with van der Waals surface area (Å²) < 4.78 is 0. The third-order valence-corrected chi connectivity index (χ3v) is 4.74. The normalized spacial score (nSPS) is 40.7. The van der Waals surface area contributed by atoms with Crippen molar-refractivity contribution in [2.45, 2.75) is 57.0 Å². The Labute approximate surface area is 92.0 Å². The molecule has 0 N–H and O–H groups in total. The number of hydrogen-bond donors (Lipinski definition) is 0. The molecule has 84 valence electrons. The Bertz CT molecular complexity index is 258. The number of Topliss-reactive ketones (excluding diaryl/α,β-unsaturated/α-hetero) is 1. The van der Waals surface area contributed by atoms with Crippen molar-refractivity contribution in [3.05, 3.63) is 0 Å². The van der Waals surface area contributed by atoms with Crippen molar-refractivity contribution in [3.63, 3.8) is 0 Å². The quantitative estimate of drug-likeness (QED) is 0.707. The maximum atomic E-state index is 12.1. The molecule has 2 atom stereocenters. The molecule has 15 heavy (non-hydrogen) atoms. The second-order valence-electron chi connectivity index (χ2n) is 5.83. The molecule has 2 saturated heterocycles. The van der Waals surface area contributed by atoms with E-state index in [9.17, 15) is 4.79 Å². The van der Waals surface area contributed by atoms with E-state index in [0.29, 0.717) is 11.7 Å². The molecule has 0 radical (unpaired) electrons. The van der Waals surface area contributed by atoms with Gasteiger partial charge in [-0.25, -0.2) is 0 Å². The van der Waals surface area contributed by atoms with Gasteiger partial charge in [0.15, 0.2) is 0 Å². The molecule has 0 spiro atoms. The summed E-state index contributed by atoms with van der Waals surface area (Å²) in [6.07, 6.45) is 8.48. The van der Waals surface area contributed by atoms with Crippen LogP contribution in [0.1, 0.15) is 44.9 Å². The van der Waals surface area contributed by atoms with E-state index >= 15 is 0 Å². The van der Waals surface area contributed by atoms with Crippen molar-refractivity contribution in [3.8, 4) is 0 Å². The largest absolute Gasteiger partial charge is 0.300 e. The van der Waals surface area contributed by atoms with Crippen LogP contribution in [0.2, 0.25) is 0 Å². The van der Waals surface area contributed by atoms with Gasteiger partial charge in [0.2, 0.25) is 0 Å². The van der Waals surface area contributed by atoms with E-state index in [1.165, 1.54) is 25.7 Å². The zero-order valence-electron chi connectivity index (χ0n) is 9.61. The van der Waals surface area contributed by atoms with E-state index in [-0.39, 0.29) is 0 Å². The molecule has 1 aliphatic carbocycles. The van der Waals surface area contributed by atoms with E-state index in [1.54, 1.807) is 0 Å². The second kappa shape index (κ2) is 3.58. The summed E-state index contributed by atoms with van der Waals surface area (Å²) in [5.41, 5.74) is 0. The second-order valence-corrected chi connectivity index (χ2v) is 5.83. The highest BCUT2D eigenvalue weighted by Crippen LogP contribution is 2.40. The molecule has 2 nitrogen and oxygen atoms in total. The summed E-state index contributed by atoms with van der Waals surface area (Å²) in [6.45, 7) is 0. The number of carbonyl (C=O) groups is 1. The summed E-state index contributed by atoms with van der Waals surface area (Å²) in [4.78, 5) is 14.6. The maximum absolute atomic E-state index is 12.1. The van der Waals surface area contributed by atoms with E-state index in [4.69, 9.17) is 0 Å². The lowest BCUT2D eigenvalue weighted by Crippen LogP contribution is -2.42. The fourth-order valence-corrected chi connectivity index (χ4v) is 3.45. The first-order valence-corrected chi connectivity index (χ1v) is 6.48. The molecule has 2 unspecified atom stereocenters. The smallest absolute Gasteiger partial charge is 0.136 e. The van der Waals surface area contributed by atoms with Gasteiger partial charge in [-0.15, -0.1) is 0 Å². The third kappa shape index (κ3) is 1.84. The lowest BCUT2D eigenvalue weighted by Gasteiger charge is -2.35. The van der Waals surface area contributed by atoms with Crippen molar-refractivity contribution in [1.29, 1.82) is 0 Å². The number of piperidine rings is 1. The van der Waals surface area contributed by atoms with E-state index in [1.807, 2.05) is 0 Å². The summed E-state index contributed by atoms with van der Waals surface area (Å²) in [6, 6.07) is 1.44. The summed E-state index contributed by atoms with van der Waals surface area (Å²) in [5.74, 6) is 1.77. The van der Waals surface area contributed by atoms with Crippen molar-refractivity contribution >= 4 is 5.78 Å². The Hall–Kier alpha value is -0.370. The van der Waals surface area contributed by atoms with Crippen LogP contribution in [-0.4, -0.2) is 29.8 Å². The Morgan fingerprint density at radius 1 is 1.13 bits per heavy atom. The minimum atomic E-state index is 0.416. The van der Waals surface area contributed by atoms with E-state index in [0.717, 1.165) is 37.3 Å². The topological polar surface area (TPSA) is 20.3 Å². The highest BCUT2D eigenvalue weighted by molar-refractivity contribution is 5.81. The van der Waals surface area contributed by atoms with Crippen LogP contribution in [0.3, 0.4) is 0 Å². The average molecular weight is 207 g/mol. The SMILES string of the molecule is CN1C2CCC1CC(C(=O)CC1CC1)C2. The monoisotopic (exact) mass is 207 g/mol. The average Bonchev–Trinajstić information content (AvgIpc) is 2.98. The number of hydrogen-bond acceptors (Lipinski definition) is 2. The first kappa shape index (κ1) is 9.83. The third-order valence-electron chi connectivity index (χ3n) is 4.74. The maximum Gasteiger partial charge on any atom is 0.136 e. The molecular formula is C13H21NO. The molecule has 0 amide bonds. The van der Waals surface area contributed by atoms with Gasteiger partial charge in [0.1, 0.15) is 5.78 Å². The standard InChI is InChI=1S/C13H21NO/c1-14-11-4-5-12(14)8-10(7-11)13(15)6-9-2-3-9/h9-12H,2-8H2,1H3. The Morgan fingerprint density at radius 3 is 2.27 bits per heavy atom. The molecule has 0 aromatic heterocycles. The van der Waals surface area contributed by atoms with Crippen molar-refractivity contribution < 1.29 is 4.79 Å². The molecule has 2 heterocycles. The Kier molecular flexibility index (Phi) is 2.35. The molecule has 2 heteroatoms. The minimum Gasteiger partial charge on any atom is -0.300 e. The summed E-state index contributed by atoms with van der Waals surface area (Å²) >= 11 is 0. The van der Waals surface area contributed by atoms with Crippen LogP contribution in [0.5, 0.6) is 0 Å². The summed E-state index contributed by atoms with van der Waals surface area (Å²) in [5, 5.41) is 0. The van der Waals surface area contributed by atoms with Crippen molar-refractivity contribution in [2.24, 2.45) is 11.8 Å². The lowest BCUT2D eigenvalue weighted by molar-refractivity contribution is -0.125. The van der Waals surface area contributed by atoms with E-state index < -0.39 is 0 Å².